The molecule has 5 heterocycles. The highest BCUT2D eigenvalue weighted by Gasteiger charge is 2.61. The quantitative estimate of drug-likeness (QED) is 0.142. The molecule has 2 aliphatic carbocycles. The Morgan fingerprint density at radius 1 is 1.01 bits per heavy atom. The predicted octanol–water partition coefficient (Wildman–Crippen LogP) is 5.51. The molecule has 0 radical (unpaired) electrons. The summed E-state index contributed by atoms with van der Waals surface area (Å²) in [5.74, 6) is -1.54. The van der Waals surface area contributed by atoms with Crippen LogP contribution in [0.5, 0.6) is 11.5 Å². The number of benzene rings is 1. The summed E-state index contributed by atoms with van der Waals surface area (Å²) in [6.45, 7) is 4.94. The molecular formula is C47H65N9O9S2. The first-order valence-corrected chi connectivity index (χ1v) is 26.1. The minimum atomic E-state index is -3.70. The fourth-order valence-electron chi connectivity index (χ4n) is 10.1. The highest BCUT2D eigenvalue weighted by molar-refractivity contribution is 7.86. The van der Waals surface area contributed by atoms with Crippen LogP contribution in [0.3, 0.4) is 0 Å². The number of hydrogen-bond acceptors (Lipinski definition) is 12. The molecule has 0 spiro atoms. The Morgan fingerprint density at radius 3 is 2.55 bits per heavy atom. The molecule has 3 aromatic rings. The van der Waals surface area contributed by atoms with Crippen LogP contribution < -0.4 is 30.7 Å². The number of aromatic nitrogens is 2. The lowest BCUT2D eigenvalue weighted by Gasteiger charge is -2.38. The molecule has 4 fully saturated rings. The van der Waals surface area contributed by atoms with Crippen molar-refractivity contribution in [3.05, 3.63) is 41.8 Å². The number of urea groups is 1. The number of rotatable bonds is 12. The number of carboxylic acid groups (broad SMARTS) is 1. The van der Waals surface area contributed by atoms with E-state index in [0.29, 0.717) is 66.1 Å². The van der Waals surface area contributed by atoms with Gasteiger partial charge in [0.1, 0.15) is 40.9 Å². The number of fused-ring (bicyclic) bond motifs is 3. The van der Waals surface area contributed by atoms with Crippen molar-refractivity contribution >= 4 is 61.4 Å². The van der Waals surface area contributed by atoms with E-state index in [1.807, 2.05) is 37.4 Å². The van der Waals surface area contributed by atoms with E-state index in [-0.39, 0.29) is 44.3 Å². The van der Waals surface area contributed by atoms with Crippen LogP contribution in [0, 0.1) is 11.8 Å². The maximum atomic E-state index is 15.1. The minimum absolute atomic E-state index is 0.0282. The second kappa shape index (κ2) is 20.7. The number of thiazole rings is 1. The van der Waals surface area contributed by atoms with Crippen molar-refractivity contribution < 1.29 is 42.2 Å². The van der Waals surface area contributed by atoms with Gasteiger partial charge in [-0.3, -0.25) is 9.59 Å². The van der Waals surface area contributed by atoms with Crippen LogP contribution in [0.15, 0.2) is 41.8 Å². The van der Waals surface area contributed by atoms with Crippen LogP contribution in [0.4, 0.5) is 9.93 Å². The summed E-state index contributed by atoms with van der Waals surface area (Å²) in [5.41, 5.74) is 0.262. The molecule has 2 saturated heterocycles. The third-order valence-corrected chi connectivity index (χ3v) is 16.6. The first-order chi connectivity index (χ1) is 32.1. The lowest BCUT2D eigenvalue weighted by molar-refractivity contribution is -0.145. The molecule has 20 heteroatoms. The van der Waals surface area contributed by atoms with Crippen LogP contribution in [0.2, 0.25) is 0 Å². The molecule has 4 amide bonds. The van der Waals surface area contributed by atoms with Gasteiger partial charge in [-0.1, -0.05) is 44.3 Å². The summed E-state index contributed by atoms with van der Waals surface area (Å²) < 4.78 is 41.9. The van der Waals surface area contributed by atoms with Gasteiger partial charge in [0, 0.05) is 74.0 Å². The maximum absolute atomic E-state index is 15.1. The van der Waals surface area contributed by atoms with Crippen LogP contribution in [-0.2, 0) is 24.6 Å². The number of pyridine rings is 1. The van der Waals surface area contributed by atoms with E-state index in [4.69, 9.17) is 19.4 Å². The topological polar surface area (TPSA) is 225 Å². The standard InChI is InChI=1S/C47H65N9O9S2/c1-29(2)48-46-52-39(28-66-46)37-24-41(34-19-18-32(64-4)22-36(34)49-37)65-33-23-40-42(57)53-47(44(59)60)25-31(47)16-11-6-5-7-12-17-35(43(58)56(40)26-33)50-45(61)51-38(30-14-9-8-10-15-30)27-55-21-13-20-54(3)67(55,62)63/h11,16,18-19,22,24,28-31,33,35,38,40H,5-10,12-15,17,20-21,23,25-27H2,1-4H3,(H,48,52)(H,53,57)(H,59,60)(H2,50,51,61)/b16-11-/t31?,33-,35+,38?,40+,47-/m1/s1. The Labute approximate surface area is 396 Å². The highest BCUT2D eigenvalue weighted by Crippen LogP contribution is 2.46. The van der Waals surface area contributed by atoms with E-state index < -0.39 is 69.7 Å². The Hall–Kier alpha value is -5.05. The van der Waals surface area contributed by atoms with Crippen molar-refractivity contribution in [2.75, 3.05) is 45.7 Å². The monoisotopic (exact) mass is 963 g/mol. The number of allylic oxidation sites excluding steroid dienone is 1. The van der Waals surface area contributed by atoms with Gasteiger partial charge in [-0.2, -0.15) is 17.0 Å². The van der Waals surface area contributed by atoms with Crippen molar-refractivity contribution in [1.82, 2.24) is 39.4 Å². The van der Waals surface area contributed by atoms with Gasteiger partial charge in [0.05, 0.1) is 24.9 Å². The summed E-state index contributed by atoms with van der Waals surface area (Å²) >= 11 is 1.46. The number of carboxylic acids is 1. The number of methoxy groups -OCH3 is 1. The van der Waals surface area contributed by atoms with Gasteiger partial charge in [-0.15, -0.1) is 11.3 Å². The van der Waals surface area contributed by atoms with E-state index >= 15 is 4.79 Å². The summed E-state index contributed by atoms with van der Waals surface area (Å²) in [4.78, 5) is 67.7. The van der Waals surface area contributed by atoms with Crippen LogP contribution in [0.1, 0.15) is 97.3 Å². The average Bonchev–Trinajstić information content (AvgIpc) is 3.56. The molecule has 2 aromatic heterocycles. The molecule has 67 heavy (non-hydrogen) atoms. The number of ether oxygens (including phenoxy) is 2. The van der Waals surface area contributed by atoms with Crippen LogP contribution >= 0.6 is 11.3 Å². The van der Waals surface area contributed by atoms with Gasteiger partial charge >= 0.3 is 12.0 Å². The largest absolute Gasteiger partial charge is 0.497 e. The highest BCUT2D eigenvalue weighted by atomic mass is 32.2. The number of carbonyl (C=O) groups excluding carboxylic acids is 3. The molecule has 8 rings (SSSR count). The molecule has 5 N–H and O–H groups in total. The first kappa shape index (κ1) is 48.4. The summed E-state index contributed by atoms with van der Waals surface area (Å²) in [5, 5.41) is 26.0. The van der Waals surface area contributed by atoms with E-state index in [1.54, 1.807) is 32.4 Å². The Kier molecular flexibility index (Phi) is 14.9. The first-order valence-electron chi connectivity index (χ1n) is 23.8. The van der Waals surface area contributed by atoms with Gasteiger partial charge in [0.25, 0.3) is 10.2 Å². The lowest BCUT2D eigenvalue weighted by atomic mass is 9.84. The molecule has 3 aliphatic heterocycles. The average molecular weight is 964 g/mol. The second-order valence-corrected chi connectivity index (χ2v) is 22.0. The van der Waals surface area contributed by atoms with Crippen molar-refractivity contribution in [1.29, 1.82) is 0 Å². The maximum Gasteiger partial charge on any atom is 0.330 e. The number of nitrogens with one attached hydrogen (secondary N) is 4. The normalized spacial score (nSPS) is 27.4. The van der Waals surface area contributed by atoms with E-state index in [2.05, 4.69) is 21.3 Å². The Balaban J connectivity index is 1.09. The SMILES string of the molecule is COc1ccc2c(O[C@@H]3C[C@H]4C(=O)N[C@]5(C(=O)O)CC5/C=C\CCCCC[C@H](NC(=O)NC(CN5CCCN(C)S5(=O)=O)C5CCCCC5)C(=O)N4C3)cc(-c3csc(NC(C)C)n3)nc2c1. The van der Waals surface area contributed by atoms with Crippen molar-refractivity contribution in [2.24, 2.45) is 11.8 Å². The number of hydrogen-bond donors (Lipinski definition) is 5. The van der Waals surface area contributed by atoms with E-state index in [0.717, 1.165) is 50.1 Å². The molecule has 2 saturated carbocycles. The molecule has 2 unspecified atom stereocenters. The van der Waals surface area contributed by atoms with Crippen molar-refractivity contribution in [3.63, 3.8) is 0 Å². The van der Waals surface area contributed by atoms with Crippen molar-refractivity contribution in [3.8, 4) is 22.9 Å². The summed E-state index contributed by atoms with van der Waals surface area (Å²) in [7, 11) is -0.558. The second-order valence-electron chi connectivity index (χ2n) is 19.1. The number of anilines is 1. The van der Waals surface area contributed by atoms with Crippen LogP contribution in [0.25, 0.3) is 22.3 Å². The molecule has 364 valence electrons. The zero-order valence-corrected chi connectivity index (χ0v) is 40.5. The molecular weight excluding hydrogens is 899 g/mol. The van der Waals surface area contributed by atoms with Gasteiger partial charge in [-0.25, -0.2) is 19.6 Å². The molecule has 1 aromatic carbocycles. The molecule has 5 aliphatic rings. The Bertz CT molecular complexity index is 2440. The van der Waals surface area contributed by atoms with Gasteiger partial charge in [0.15, 0.2) is 5.13 Å². The number of amides is 4. The van der Waals surface area contributed by atoms with E-state index in [9.17, 15) is 27.9 Å². The zero-order valence-electron chi connectivity index (χ0n) is 38.9. The number of carbonyl (C=O) groups is 4. The smallest absolute Gasteiger partial charge is 0.330 e. The minimum Gasteiger partial charge on any atom is -0.497 e. The number of nitrogens with zero attached hydrogens (tertiary/aromatic N) is 5. The molecule has 0 bridgehead atoms. The Morgan fingerprint density at radius 2 is 1.79 bits per heavy atom. The zero-order chi connectivity index (χ0) is 47.5. The van der Waals surface area contributed by atoms with Crippen LogP contribution in [-0.4, -0.2) is 137 Å². The fourth-order valence-corrected chi connectivity index (χ4v) is 12.4. The fraction of sp³-hybridized carbons (Fsp3) is 0.617. The third-order valence-electron chi connectivity index (χ3n) is 13.9. The van der Waals surface area contributed by atoms with Gasteiger partial charge in [-0.05, 0) is 76.8 Å². The van der Waals surface area contributed by atoms with Gasteiger partial charge in [0.2, 0.25) is 11.8 Å². The number of aliphatic carboxylic acids is 1. The van der Waals surface area contributed by atoms with Gasteiger partial charge < -0.3 is 40.7 Å². The van der Waals surface area contributed by atoms with E-state index in [1.165, 1.54) is 24.8 Å². The predicted molar refractivity (Wildman–Crippen MR) is 255 cm³/mol. The third kappa shape index (κ3) is 11.0. The lowest BCUT2D eigenvalue weighted by Crippen LogP contribution is -2.59. The van der Waals surface area contributed by atoms with Crippen molar-refractivity contribution in [2.45, 2.75) is 133 Å². The summed E-state index contributed by atoms with van der Waals surface area (Å²) in [6, 6.07) is 4.17. The summed E-state index contributed by atoms with van der Waals surface area (Å²) in [6.07, 6.45) is 11.9. The molecule has 18 nitrogen and oxygen atoms in total. The molecule has 6 atom stereocenters.